The van der Waals surface area contributed by atoms with E-state index in [-0.39, 0.29) is 24.5 Å². The molecule has 2 amide bonds. The molecule has 0 aliphatic carbocycles. The van der Waals surface area contributed by atoms with Crippen LogP contribution in [0.5, 0.6) is 0 Å². The summed E-state index contributed by atoms with van der Waals surface area (Å²) in [5, 5.41) is 0. The van der Waals surface area contributed by atoms with E-state index in [0.717, 1.165) is 43.6 Å². The molecule has 0 radical (unpaired) electrons. The molecule has 0 bridgehead atoms. The van der Waals surface area contributed by atoms with Crippen LogP contribution in [0.15, 0.2) is 53.1 Å². The maximum atomic E-state index is 13.5. The van der Waals surface area contributed by atoms with Crippen molar-refractivity contribution in [3.63, 3.8) is 0 Å². The van der Waals surface area contributed by atoms with Crippen LogP contribution in [-0.2, 0) is 27.4 Å². The van der Waals surface area contributed by atoms with E-state index in [0.29, 0.717) is 26.1 Å². The average Bonchev–Trinajstić information content (AvgIpc) is 3.62. The second kappa shape index (κ2) is 17.0. The first-order chi connectivity index (χ1) is 18.2. The Kier molecular flexibility index (Phi) is 13.3. The number of hydrogen-bond donors (Lipinski definition) is 0. The molecule has 1 aliphatic heterocycles. The molecule has 1 aliphatic rings. The SMILES string of the molecule is CCCCCCCCCCCC(=O)N(CC(=O)N(Cc1ccccc1)Cc1ccco1)CC1CCCO1. The molecule has 204 valence electrons. The van der Waals surface area contributed by atoms with E-state index < -0.39 is 0 Å². The van der Waals surface area contributed by atoms with E-state index in [2.05, 4.69) is 6.92 Å². The zero-order valence-corrected chi connectivity index (χ0v) is 22.7. The van der Waals surface area contributed by atoms with Crippen molar-refractivity contribution in [1.29, 1.82) is 0 Å². The van der Waals surface area contributed by atoms with Crippen LogP contribution in [0.4, 0.5) is 0 Å². The Hall–Kier alpha value is -2.60. The lowest BCUT2D eigenvalue weighted by atomic mass is 10.1. The molecule has 0 spiro atoms. The minimum Gasteiger partial charge on any atom is -0.467 e. The second-order valence-electron chi connectivity index (χ2n) is 10.3. The predicted octanol–water partition coefficient (Wildman–Crippen LogP) is 6.74. The summed E-state index contributed by atoms with van der Waals surface area (Å²) in [7, 11) is 0. The summed E-state index contributed by atoms with van der Waals surface area (Å²) in [5.74, 6) is 0.721. The van der Waals surface area contributed by atoms with Gasteiger partial charge >= 0.3 is 0 Å². The van der Waals surface area contributed by atoms with Gasteiger partial charge in [0.05, 0.1) is 25.5 Å². The number of rotatable bonds is 18. The van der Waals surface area contributed by atoms with E-state index in [1.807, 2.05) is 42.5 Å². The quantitative estimate of drug-likeness (QED) is 0.208. The normalized spacial score (nSPS) is 15.1. The fraction of sp³-hybridized carbons (Fsp3) is 0.613. The fourth-order valence-corrected chi connectivity index (χ4v) is 4.92. The van der Waals surface area contributed by atoms with Crippen LogP contribution in [0.1, 0.15) is 95.3 Å². The van der Waals surface area contributed by atoms with E-state index in [9.17, 15) is 9.59 Å². The predicted molar refractivity (Wildman–Crippen MR) is 147 cm³/mol. The van der Waals surface area contributed by atoms with Gasteiger partial charge in [-0.3, -0.25) is 9.59 Å². The maximum absolute atomic E-state index is 13.5. The molecule has 1 unspecified atom stereocenters. The summed E-state index contributed by atoms with van der Waals surface area (Å²) in [4.78, 5) is 30.3. The highest BCUT2D eigenvalue weighted by atomic mass is 16.5. The van der Waals surface area contributed by atoms with Gasteiger partial charge in [0.15, 0.2) is 0 Å². The zero-order valence-electron chi connectivity index (χ0n) is 22.7. The summed E-state index contributed by atoms with van der Waals surface area (Å²) in [6.07, 6.45) is 15.0. The summed E-state index contributed by atoms with van der Waals surface area (Å²) in [5.41, 5.74) is 1.05. The smallest absolute Gasteiger partial charge is 0.242 e. The van der Waals surface area contributed by atoms with Crippen molar-refractivity contribution in [2.75, 3.05) is 19.7 Å². The van der Waals surface area contributed by atoms with Crippen molar-refractivity contribution in [3.05, 3.63) is 60.1 Å². The van der Waals surface area contributed by atoms with Crippen LogP contribution in [-0.4, -0.2) is 47.4 Å². The molecule has 0 saturated carbocycles. The van der Waals surface area contributed by atoms with Gasteiger partial charge in [-0.25, -0.2) is 0 Å². The lowest BCUT2D eigenvalue weighted by Crippen LogP contribution is -2.45. The molecule has 1 fully saturated rings. The topological polar surface area (TPSA) is 63.0 Å². The van der Waals surface area contributed by atoms with Crippen molar-refractivity contribution in [2.45, 2.75) is 103 Å². The molecule has 37 heavy (non-hydrogen) atoms. The van der Waals surface area contributed by atoms with Crippen LogP contribution >= 0.6 is 0 Å². The third-order valence-corrected chi connectivity index (χ3v) is 7.12. The van der Waals surface area contributed by atoms with Crippen LogP contribution in [0.3, 0.4) is 0 Å². The summed E-state index contributed by atoms with van der Waals surface area (Å²) in [6.45, 7) is 4.39. The third-order valence-electron chi connectivity index (χ3n) is 7.12. The van der Waals surface area contributed by atoms with Crippen molar-refractivity contribution in [1.82, 2.24) is 9.80 Å². The molecule has 6 heteroatoms. The van der Waals surface area contributed by atoms with Gasteiger partial charge in [-0.1, -0.05) is 88.6 Å². The summed E-state index contributed by atoms with van der Waals surface area (Å²) < 4.78 is 11.4. The van der Waals surface area contributed by atoms with Crippen molar-refractivity contribution < 1.29 is 18.7 Å². The molecule has 1 saturated heterocycles. The van der Waals surface area contributed by atoms with Crippen molar-refractivity contribution >= 4 is 11.8 Å². The number of hydrogen-bond acceptors (Lipinski definition) is 4. The average molecular weight is 511 g/mol. The molecule has 1 aromatic carbocycles. The van der Waals surface area contributed by atoms with Gasteiger partial charge in [0.25, 0.3) is 0 Å². The number of carbonyl (C=O) groups excluding carboxylic acids is 2. The largest absolute Gasteiger partial charge is 0.467 e. The highest BCUT2D eigenvalue weighted by Crippen LogP contribution is 2.17. The number of ether oxygens (including phenoxy) is 1. The third kappa shape index (κ3) is 11.1. The Labute approximate surface area is 223 Å². The first-order valence-electron chi connectivity index (χ1n) is 14.4. The molecule has 1 atom stereocenters. The Balaban J connectivity index is 1.54. The number of furan rings is 1. The number of nitrogens with zero attached hydrogens (tertiary/aromatic N) is 2. The highest BCUT2D eigenvalue weighted by Gasteiger charge is 2.26. The standard InChI is InChI=1S/C31H46N2O4/c1-2-3-4-5-6-7-8-9-13-20-30(34)33(25-29-19-15-22-37-29)26-31(35)32(24-28-18-14-21-36-28)23-27-16-11-10-12-17-27/h10-12,14,16-18,21,29H,2-9,13,15,19-20,22-26H2,1H3. The molecular formula is C31H46N2O4. The first-order valence-corrected chi connectivity index (χ1v) is 14.4. The van der Waals surface area contributed by atoms with Gasteiger partial charge in [0.1, 0.15) is 5.76 Å². The van der Waals surface area contributed by atoms with Crippen LogP contribution in [0, 0.1) is 0 Å². The fourth-order valence-electron chi connectivity index (χ4n) is 4.92. The van der Waals surface area contributed by atoms with Crippen molar-refractivity contribution in [3.8, 4) is 0 Å². The first kappa shape index (κ1) is 29.0. The van der Waals surface area contributed by atoms with Gasteiger partial charge in [0, 0.05) is 26.1 Å². The molecule has 3 rings (SSSR count). The van der Waals surface area contributed by atoms with Crippen LogP contribution in [0.25, 0.3) is 0 Å². The molecular weight excluding hydrogens is 464 g/mol. The number of amides is 2. The second-order valence-corrected chi connectivity index (χ2v) is 10.3. The van der Waals surface area contributed by atoms with E-state index in [4.69, 9.17) is 9.15 Å². The molecule has 1 aromatic heterocycles. The van der Waals surface area contributed by atoms with Crippen LogP contribution in [0.2, 0.25) is 0 Å². The Morgan fingerprint density at radius 2 is 1.57 bits per heavy atom. The molecule has 2 aromatic rings. The minimum atomic E-state index is -0.0707. The van der Waals surface area contributed by atoms with Gasteiger partial charge < -0.3 is 19.0 Å². The number of benzene rings is 1. The minimum absolute atomic E-state index is 0.0208. The summed E-state index contributed by atoms with van der Waals surface area (Å²) in [6, 6.07) is 13.7. The lowest BCUT2D eigenvalue weighted by Gasteiger charge is -2.29. The zero-order chi connectivity index (χ0) is 26.1. The number of carbonyl (C=O) groups is 2. The molecule has 6 nitrogen and oxygen atoms in total. The van der Waals surface area contributed by atoms with Gasteiger partial charge in [0.2, 0.25) is 11.8 Å². The Bertz CT molecular complexity index is 878. The Morgan fingerprint density at radius 3 is 2.22 bits per heavy atom. The lowest BCUT2D eigenvalue weighted by molar-refractivity contribution is -0.142. The van der Waals surface area contributed by atoms with Crippen molar-refractivity contribution in [2.24, 2.45) is 0 Å². The van der Waals surface area contributed by atoms with Gasteiger partial charge in [-0.05, 0) is 37.0 Å². The Morgan fingerprint density at radius 1 is 0.838 bits per heavy atom. The van der Waals surface area contributed by atoms with E-state index >= 15 is 0 Å². The molecule has 2 heterocycles. The highest BCUT2D eigenvalue weighted by molar-refractivity contribution is 5.84. The monoisotopic (exact) mass is 510 g/mol. The van der Waals surface area contributed by atoms with E-state index in [1.54, 1.807) is 16.1 Å². The van der Waals surface area contributed by atoms with Crippen LogP contribution < -0.4 is 0 Å². The van der Waals surface area contributed by atoms with E-state index in [1.165, 1.54) is 44.9 Å². The van der Waals surface area contributed by atoms with Gasteiger partial charge in [-0.15, -0.1) is 0 Å². The van der Waals surface area contributed by atoms with Gasteiger partial charge in [-0.2, -0.15) is 0 Å². The maximum Gasteiger partial charge on any atom is 0.242 e. The molecule has 0 N–H and O–H groups in total. The summed E-state index contributed by atoms with van der Waals surface area (Å²) >= 11 is 0. The number of unbranched alkanes of at least 4 members (excludes halogenated alkanes) is 8.